The zero-order valence-corrected chi connectivity index (χ0v) is 14.4. The number of benzene rings is 1. The van der Waals surface area contributed by atoms with Crippen molar-refractivity contribution in [3.8, 4) is 0 Å². The van der Waals surface area contributed by atoms with E-state index in [1.54, 1.807) is 0 Å². The Balaban J connectivity index is 1.32. The highest BCUT2D eigenvalue weighted by Crippen LogP contribution is 2.39. The highest BCUT2D eigenvalue weighted by atomic mass is 16.3. The molecular formula is C20H28N2O2. The predicted octanol–water partition coefficient (Wildman–Crippen LogP) is 2.59. The lowest BCUT2D eigenvalue weighted by atomic mass is 9.71. The number of anilines is 1. The van der Waals surface area contributed by atoms with E-state index < -0.39 is 5.60 Å². The summed E-state index contributed by atoms with van der Waals surface area (Å²) in [5.74, 6) is 0.645. The lowest BCUT2D eigenvalue weighted by molar-refractivity contribution is -0.120. The van der Waals surface area contributed by atoms with Gasteiger partial charge in [0.25, 0.3) is 0 Å². The van der Waals surface area contributed by atoms with Gasteiger partial charge in [0.1, 0.15) is 0 Å². The fourth-order valence-electron chi connectivity index (χ4n) is 4.83. The maximum Gasteiger partial charge on any atom is 0.228 e. The molecule has 4 rings (SSSR count). The minimum Gasteiger partial charge on any atom is -0.390 e. The number of likely N-dealkylation sites (tertiary alicyclic amines) is 1. The van der Waals surface area contributed by atoms with E-state index in [0.717, 1.165) is 57.5 Å². The van der Waals surface area contributed by atoms with E-state index in [1.165, 1.54) is 18.4 Å². The monoisotopic (exact) mass is 328 g/mol. The third-order valence-corrected chi connectivity index (χ3v) is 6.34. The average Bonchev–Trinajstić information content (AvgIpc) is 3.03. The first kappa shape index (κ1) is 16.1. The van der Waals surface area contributed by atoms with Crippen molar-refractivity contribution >= 4 is 11.6 Å². The van der Waals surface area contributed by atoms with Crippen LogP contribution >= 0.6 is 0 Å². The van der Waals surface area contributed by atoms with Gasteiger partial charge in [0.2, 0.25) is 5.91 Å². The first-order chi connectivity index (χ1) is 11.7. The van der Waals surface area contributed by atoms with Gasteiger partial charge in [-0.3, -0.25) is 4.79 Å². The molecular weight excluding hydrogens is 300 g/mol. The number of rotatable bonds is 3. The molecule has 1 aliphatic carbocycles. The summed E-state index contributed by atoms with van der Waals surface area (Å²) >= 11 is 0. The van der Waals surface area contributed by atoms with Crippen LogP contribution in [0.1, 0.15) is 44.1 Å². The van der Waals surface area contributed by atoms with Crippen LogP contribution in [0.15, 0.2) is 24.3 Å². The Kier molecular flexibility index (Phi) is 4.35. The summed E-state index contributed by atoms with van der Waals surface area (Å²) < 4.78 is 0. The summed E-state index contributed by atoms with van der Waals surface area (Å²) in [6.07, 6.45) is 6.94. The molecule has 1 N–H and O–H groups in total. The number of carbonyl (C=O) groups is 1. The number of fused-ring (bicyclic) bond motifs is 2. The molecule has 2 aliphatic heterocycles. The van der Waals surface area contributed by atoms with Crippen LogP contribution in [0.2, 0.25) is 0 Å². The number of hydrogen-bond donors (Lipinski definition) is 1. The molecule has 2 fully saturated rings. The van der Waals surface area contributed by atoms with Gasteiger partial charge in [0.05, 0.1) is 5.60 Å². The molecule has 0 aromatic heterocycles. The average molecular weight is 328 g/mol. The molecule has 24 heavy (non-hydrogen) atoms. The quantitative estimate of drug-likeness (QED) is 0.927. The van der Waals surface area contributed by atoms with Crippen LogP contribution in [-0.4, -0.2) is 47.7 Å². The molecule has 1 saturated carbocycles. The maximum absolute atomic E-state index is 12.6. The van der Waals surface area contributed by atoms with E-state index in [0.29, 0.717) is 12.3 Å². The molecule has 1 amide bonds. The molecule has 2 unspecified atom stereocenters. The van der Waals surface area contributed by atoms with Gasteiger partial charge in [-0.1, -0.05) is 31.0 Å². The number of nitrogens with zero attached hydrogens (tertiary/aromatic N) is 2. The Morgan fingerprint density at radius 1 is 1.21 bits per heavy atom. The van der Waals surface area contributed by atoms with Crippen molar-refractivity contribution in [2.24, 2.45) is 5.92 Å². The zero-order chi connectivity index (χ0) is 16.6. The lowest BCUT2D eigenvalue weighted by Crippen LogP contribution is -2.53. The Morgan fingerprint density at radius 3 is 3.00 bits per heavy atom. The van der Waals surface area contributed by atoms with Gasteiger partial charge in [0, 0.05) is 44.2 Å². The van der Waals surface area contributed by atoms with Crippen LogP contribution in [0.4, 0.5) is 5.69 Å². The number of piperidine rings is 1. The molecule has 2 atom stereocenters. The van der Waals surface area contributed by atoms with Gasteiger partial charge in [-0.25, -0.2) is 0 Å². The summed E-state index contributed by atoms with van der Waals surface area (Å²) in [4.78, 5) is 17.0. The van der Waals surface area contributed by atoms with Crippen LogP contribution in [-0.2, 0) is 11.2 Å². The van der Waals surface area contributed by atoms with Gasteiger partial charge in [-0.2, -0.15) is 0 Å². The molecule has 4 nitrogen and oxygen atoms in total. The first-order valence-corrected chi connectivity index (χ1v) is 9.49. The summed E-state index contributed by atoms with van der Waals surface area (Å²) in [5, 5.41) is 10.8. The summed E-state index contributed by atoms with van der Waals surface area (Å²) in [7, 11) is 0. The highest BCUT2D eigenvalue weighted by Gasteiger charge is 2.42. The van der Waals surface area contributed by atoms with Gasteiger partial charge < -0.3 is 14.9 Å². The van der Waals surface area contributed by atoms with E-state index in [-0.39, 0.29) is 5.91 Å². The van der Waals surface area contributed by atoms with E-state index in [9.17, 15) is 9.90 Å². The summed E-state index contributed by atoms with van der Waals surface area (Å²) in [5.41, 5.74) is 1.96. The second-order valence-corrected chi connectivity index (χ2v) is 7.77. The topological polar surface area (TPSA) is 43.8 Å². The molecule has 130 valence electrons. The molecule has 1 aromatic carbocycles. The zero-order valence-electron chi connectivity index (χ0n) is 14.4. The maximum atomic E-state index is 12.6. The number of aliphatic hydroxyl groups is 1. The smallest absolute Gasteiger partial charge is 0.228 e. The van der Waals surface area contributed by atoms with Crippen molar-refractivity contribution < 1.29 is 9.90 Å². The second kappa shape index (κ2) is 6.49. The van der Waals surface area contributed by atoms with E-state index in [4.69, 9.17) is 0 Å². The predicted molar refractivity (Wildman–Crippen MR) is 95.1 cm³/mol. The minimum atomic E-state index is -0.424. The first-order valence-electron chi connectivity index (χ1n) is 9.49. The lowest BCUT2D eigenvalue weighted by Gasteiger charge is -2.47. The van der Waals surface area contributed by atoms with Crippen molar-refractivity contribution in [2.75, 3.05) is 31.1 Å². The van der Waals surface area contributed by atoms with E-state index in [2.05, 4.69) is 17.0 Å². The third-order valence-electron chi connectivity index (χ3n) is 6.34. The highest BCUT2D eigenvalue weighted by molar-refractivity contribution is 5.95. The van der Waals surface area contributed by atoms with Gasteiger partial charge >= 0.3 is 0 Å². The largest absolute Gasteiger partial charge is 0.390 e. The minimum absolute atomic E-state index is 0.240. The number of hydrogen-bond acceptors (Lipinski definition) is 3. The Bertz CT molecular complexity index is 617. The van der Waals surface area contributed by atoms with E-state index >= 15 is 0 Å². The fraction of sp³-hybridized carbons (Fsp3) is 0.650. The molecule has 4 heteroatoms. The summed E-state index contributed by atoms with van der Waals surface area (Å²) in [6.45, 7) is 3.53. The van der Waals surface area contributed by atoms with Crippen molar-refractivity contribution in [1.82, 2.24) is 4.90 Å². The van der Waals surface area contributed by atoms with Gasteiger partial charge in [0.15, 0.2) is 0 Å². The number of carbonyl (C=O) groups excluding carboxylic acids is 1. The molecule has 0 bridgehead atoms. The third kappa shape index (κ3) is 2.98. The molecule has 3 aliphatic rings. The molecule has 0 spiro atoms. The van der Waals surface area contributed by atoms with Crippen LogP contribution in [0.5, 0.6) is 0 Å². The van der Waals surface area contributed by atoms with Crippen LogP contribution in [0.3, 0.4) is 0 Å². The second-order valence-electron chi connectivity index (χ2n) is 7.77. The molecule has 2 heterocycles. The van der Waals surface area contributed by atoms with Crippen molar-refractivity contribution in [3.63, 3.8) is 0 Å². The Labute approximate surface area is 144 Å². The van der Waals surface area contributed by atoms with Gasteiger partial charge in [-0.15, -0.1) is 0 Å². The molecule has 0 radical (unpaired) electrons. The van der Waals surface area contributed by atoms with Crippen molar-refractivity contribution in [1.29, 1.82) is 0 Å². The SMILES string of the molecule is O=C(CCN1CCC2(O)CCCCC2C1)N1CCc2ccccc21. The van der Waals surface area contributed by atoms with Crippen LogP contribution in [0.25, 0.3) is 0 Å². The number of para-hydroxylation sites is 1. The Hall–Kier alpha value is -1.39. The number of amides is 1. The Morgan fingerprint density at radius 2 is 2.08 bits per heavy atom. The van der Waals surface area contributed by atoms with Crippen molar-refractivity contribution in [2.45, 2.75) is 50.5 Å². The van der Waals surface area contributed by atoms with Gasteiger partial charge in [-0.05, 0) is 37.3 Å². The molecule has 1 saturated heterocycles. The fourth-order valence-corrected chi connectivity index (χ4v) is 4.83. The van der Waals surface area contributed by atoms with E-state index in [1.807, 2.05) is 17.0 Å². The van der Waals surface area contributed by atoms with Crippen molar-refractivity contribution in [3.05, 3.63) is 29.8 Å². The standard InChI is InChI=1S/C20H28N2O2/c23-19(22-13-8-16-5-1-2-7-18(16)22)9-12-21-14-11-20(24)10-4-3-6-17(20)15-21/h1-2,5,7,17,24H,3-4,6,8-15H2. The summed E-state index contributed by atoms with van der Waals surface area (Å²) in [6, 6.07) is 8.24. The van der Waals surface area contributed by atoms with Crippen LogP contribution in [0, 0.1) is 5.92 Å². The normalized spacial score (nSPS) is 30.0. The van der Waals surface area contributed by atoms with Crippen LogP contribution < -0.4 is 4.90 Å². The molecule has 1 aromatic rings.